The molecule has 0 fully saturated rings. The molecule has 0 saturated carbocycles. The van der Waals surface area contributed by atoms with E-state index in [-0.39, 0.29) is 6.54 Å². The van der Waals surface area contributed by atoms with Gasteiger partial charge in [0.2, 0.25) is 10.0 Å². The second-order valence-electron chi connectivity index (χ2n) is 5.69. The van der Waals surface area contributed by atoms with Crippen LogP contribution in [0.1, 0.15) is 11.4 Å². The van der Waals surface area contributed by atoms with E-state index >= 15 is 0 Å². The van der Waals surface area contributed by atoms with Crippen LogP contribution in [0.3, 0.4) is 0 Å². The Labute approximate surface area is 158 Å². The van der Waals surface area contributed by atoms with Crippen LogP contribution in [-0.4, -0.2) is 41.3 Å². The van der Waals surface area contributed by atoms with E-state index in [0.29, 0.717) is 24.0 Å². The van der Waals surface area contributed by atoms with Crippen molar-refractivity contribution in [3.05, 3.63) is 71.7 Å². The van der Waals surface area contributed by atoms with E-state index in [4.69, 9.17) is 0 Å². The quantitative estimate of drug-likeness (QED) is 0.576. The van der Waals surface area contributed by atoms with Crippen molar-refractivity contribution in [2.45, 2.75) is 6.92 Å². The van der Waals surface area contributed by atoms with E-state index in [1.807, 2.05) is 36.4 Å². The Bertz CT molecular complexity index is 1000. The summed E-state index contributed by atoms with van der Waals surface area (Å²) in [6.45, 7) is 2.39. The van der Waals surface area contributed by atoms with Crippen LogP contribution in [0.25, 0.3) is 11.9 Å². The first-order chi connectivity index (χ1) is 13.0. The Balaban J connectivity index is 1.53. The van der Waals surface area contributed by atoms with Crippen LogP contribution in [0.5, 0.6) is 0 Å². The number of hydrogen-bond acceptors (Lipinski definition) is 6. The maximum Gasteiger partial charge on any atom is 0.233 e. The maximum atomic E-state index is 12.0. The molecule has 0 aliphatic carbocycles. The van der Waals surface area contributed by atoms with Gasteiger partial charge < -0.3 is 5.32 Å². The van der Waals surface area contributed by atoms with Gasteiger partial charge in [-0.25, -0.2) is 27.8 Å². The van der Waals surface area contributed by atoms with Crippen molar-refractivity contribution in [3.8, 4) is 5.82 Å². The molecule has 0 radical (unpaired) electrons. The summed E-state index contributed by atoms with van der Waals surface area (Å²) in [4.78, 5) is 8.62. The molecule has 8 nitrogen and oxygen atoms in total. The van der Waals surface area contributed by atoms with E-state index < -0.39 is 10.0 Å². The Morgan fingerprint density at radius 1 is 1.11 bits per heavy atom. The van der Waals surface area contributed by atoms with Crippen LogP contribution in [0.2, 0.25) is 0 Å². The molecule has 3 rings (SSSR count). The number of aryl methyl sites for hydroxylation is 1. The van der Waals surface area contributed by atoms with Gasteiger partial charge in [-0.3, -0.25) is 0 Å². The number of rotatable bonds is 8. The lowest BCUT2D eigenvalue weighted by Gasteiger charge is -2.09. The minimum Gasteiger partial charge on any atom is -0.369 e. The zero-order chi connectivity index (χ0) is 19.1. The van der Waals surface area contributed by atoms with E-state index in [9.17, 15) is 8.42 Å². The number of benzene rings is 1. The lowest BCUT2D eigenvalue weighted by molar-refractivity contribution is 0.592. The SMILES string of the molecule is Cc1nc(NCCNS(=O)(=O)/C=C/c2ccccc2)cc(-n2cccn2)n1. The summed E-state index contributed by atoms with van der Waals surface area (Å²) in [7, 11) is -3.50. The van der Waals surface area contributed by atoms with Gasteiger partial charge in [0, 0.05) is 37.0 Å². The molecule has 0 saturated heterocycles. The van der Waals surface area contributed by atoms with Gasteiger partial charge >= 0.3 is 0 Å². The lowest BCUT2D eigenvalue weighted by Crippen LogP contribution is -2.27. The molecule has 0 aliphatic heterocycles. The van der Waals surface area contributed by atoms with Gasteiger partial charge in [0.25, 0.3) is 0 Å². The topological polar surface area (TPSA) is 102 Å². The molecule has 0 aliphatic rings. The highest BCUT2D eigenvalue weighted by Crippen LogP contribution is 2.09. The van der Waals surface area contributed by atoms with Gasteiger partial charge in [-0.2, -0.15) is 5.10 Å². The number of hydrogen-bond donors (Lipinski definition) is 2. The fraction of sp³-hybridized carbons (Fsp3) is 0.167. The monoisotopic (exact) mass is 384 g/mol. The molecule has 3 aromatic rings. The van der Waals surface area contributed by atoms with Crippen LogP contribution in [-0.2, 0) is 10.0 Å². The third-order valence-corrected chi connectivity index (χ3v) is 4.64. The van der Waals surface area contributed by atoms with Gasteiger partial charge in [0.05, 0.1) is 0 Å². The highest BCUT2D eigenvalue weighted by atomic mass is 32.2. The first kappa shape index (κ1) is 18.7. The Kier molecular flexibility index (Phi) is 5.94. The summed E-state index contributed by atoms with van der Waals surface area (Å²) < 4.78 is 28.2. The smallest absolute Gasteiger partial charge is 0.233 e. The predicted octanol–water partition coefficient (Wildman–Crippen LogP) is 1.97. The summed E-state index contributed by atoms with van der Waals surface area (Å²) >= 11 is 0. The average molecular weight is 384 g/mol. The van der Waals surface area contributed by atoms with Crippen LogP contribution < -0.4 is 10.0 Å². The molecule has 2 aromatic heterocycles. The van der Waals surface area contributed by atoms with E-state index in [2.05, 4.69) is 25.1 Å². The zero-order valence-corrected chi connectivity index (χ0v) is 15.6. The van der Waals surface area contributed by atoms with Crippen LogP contribution >= 0.6 is 0 Å². The first-order valence-electron chi connectivity index (χ1n) is 8.34. The van der Waals surface area contributed by atoms with Crippen molar-refractivity contribution in [1.29, 1.82) is 0 Å². The highest BCUT2D eigenvalue weighted by Gasteiger charge is 2.06. The van der Waals surface area contributed by atoms with Gasteiger partial charge in [-0.05, 0) is 24.6 Å². The fourth-order valence-corrected chi connectivity index (χ4v) is 3.15. The highest BCUT2D eigenvalue weighted by molar-refractivity contribution is 7.92. The van der Waals surface area contributed by atoms with Crippen molar-refractivity contribution in [2.75, 3.05) is 18.4 Å². The van der Waals surface area contributed by atoms with Crippen molar-refractivity contribution >= 4 is 21.9 Å². The molecule has 0 spiro atoms. The second-order valence-corrected chi connectivity index (χ2v) is 7.34. The summed E-state index contributed by atoms with van der Waals surface area (Å²) in [6.07, 6.45) is 5.01. The van der Waals surface area contributed by atoms with Gasteiger partial charge in [0.1, 0.15) is 11.6 Å². The molecule has 0 amide bonds. The minimum atomic E-state index is -3.50. The van der Waals surface area contributed by atoms with E-state index in [0.717, 1.165) is 11.0 Å². The summed E-state index contributed by atoms with van der Waals surface area (Å²) in [5.74, 6) is 1.84. The van der Waals surface area contributed by atoms with Crippen molar-refractivity contribution in [1.82, 2.24) is 24.5 Å². The molecule has 2 heterocycles. The normalized spacial score (nSPS) is 11.7. The van der Waals surface area contributed by atoms with Crippen LogP contribution in [0.15, 0.2) is 60.3 Å². The second kappa shape index (κ2) is 8.56. The van der Waals surface area contributed by atoms with Crippen molar-refractivity contribution in [2.24, 2.45) is 0 Å². The largest absolute Gasteiger partial charge is 0.369 e. The standard InChI is InChI=1S/C18H20N6O2S/c1-15-22-17(14-18(23-15)24-12-5-9-20-24)19-10-11-21-27(25,26)13-8-16-6-3-2-4-7-16/h2-9,12-14,21H,10-11H2,1H3,(H,19,22,23)/b13-8+. The summed E-state index contributed by atoms with van der Waals surface area (Å²) in [5.41, 5.74) is 0.823. The molecule has 140 valence electrons. The lowest BCUT2D eigenvalue weighted by atomic mass is 10.2. The Hall–Kier alpha value is -3.04. The number of sulfonamides is 1. The van der Waals surface area contributed by atoms with Gasteiger partial charge in [-0.15, -0.1) is 0 Å². The molecule has 1 aromatic carbocycles. The predicted molar refractivity (Wildman–Crippen MR) is 105 cm³/mol. The number of anilines is 1. The summed E-state index contributed by atoms with van der Waals surface area (Å²) in [6, 6.07) is 12.8. The number of nitrogens with zero attached hydrogens (tertiary/aromatic N) is 4. The molecule has 2 N–H and O–H groups in total. The van der Waals surface area contributed by atoms with Crippen molar-refractivity contribution < 1.29 is 8.42 Å². The number of nitrogens with one attached hydrogen (secondary N) is 2. The Morgan fingerprint density at radius 2 is 1.93 bits per heavy atom. The van der Waals surface area contributed by atoms with Gasteiger partial charge in [0.15, 0.2) is 5.82 Å². The molecular formula is C18H20N6O2S. The third kappa shape index (κ3) is 5.73. The maximum absolute atomic E-state index is 12.0. The molecule has 9 heteroatoms. The first-order valence-corrected chi connectivity index (χ1v) is 9.89. The molecular weight excluding hydrogens is 364 g/mol. The fourth-order valence-electron chi connectivity index (χ4n) is 2.33. The molecule has 0 atom stereocenters. The molecule has 27 heavy (non-hydrogen) atoms. The minimum absolute atomic E-state index is 0.224. The number of aromatic nitrogens is 4. The molecule has 0 bridgehead atoms. The molecule has 0 unspecified atom stereocenters. The van der Waals surface area contributed by atoms with E-state index in [1.54, 1.807) is 36.1 Å². The van der Waals surface area contributed by atoms with Crippen molar-refractivity contribution in [3.63, 3.8) is 0 Å². The van der Waals surface area contributed by atoms with Crippen LogP contribution in [0, 0.1) is 6.92 Å². The third-order valence-electron chi connectivity index (χ3n) is 3.54. The summed E-state index contributed by atoms with van der Waals surface area (Å²) in [5, 5.41) is 8.39. The Morgan fingerprint density at radius 3 is 2.67 bits per heavy atom. The van der Waals surface area contributed by atoms with Crippen LogP contribution in [0.4, 0.5) is 5.82 Å². The zero-order valence-electron chi connectivity index (χ0n) is 14.8. The van der Waals surface area contributed by atoms with E-state index in [1.165, 1.54) is 0 Å². The van der Waals surface area contributed by atoms with Gasteiger partial charge in [-0.1, -0.05) is 30.3 Å². The average Bonchev–Trinajstić information content (AvgIpc) is 3.19.